The maximum atomic E-state index is 5.93. The van der Waals surface area contributed by atoms with E-state index in [1.54, 1.807) is 0 Å². The van der Waals surface area contributed by atoms with Crippen LogP contribution in [0.1, 0.15) is 25.3 Å². The molecule has 1 fully saturated rings. The molecule has 0 atom stereocenters. The van der Waals surface area contributed by atoms with Crippen molar-refractivity contribution in [2.24, 2.45) is 10.7 Å². The molecule has 0 aliphatic carbocycles. The molecule has 0 radical (unpaired) electrons. The Morgan fingerprint density at radius 3 is 3.00 bits per heavy atom. The topological polar surface area (TPSA) is 72.1 Å². The Morgan fingerprint density at radius 1 is 1.38 bits per heavy atom. The van der Waals surface area contributed by atoms with Crippen molar-refractivity contribution in [2.75, 3.05) is 46.0 Å². The van der Waals surface area contributed by atoms with Gasteiger partial charge in [-0.1, -0.05) is 19.1 Å². The van der Waals surface area contributed by atoms with Gasteiger partial charge in [0, 0.05) is 19.6 Å². The molecule has 0 spiro atoms. The lowest BCUT2D eigenvalue weighted by Gasteiger charge is -2.26. The van der Waals surface area contributed by atoms with Crippen molar-refractivity contribution in [3.8, 4) is 5.75 Å². The first-order valence-corrected chi connectivity index (χ1v) is 8.83. The first kappa shape index (κ1) is 18.5. The van der Waals surface area contributed by atoms with Gasteiger partial charge in [-0.15, -0.1) is 0 Å². The molecule has 2 rings (SSSR count). The van der Waals surface area contributed by atoms with Crippen LogP contribution in [-0.2, 0) is 11.3 Å². The maximum Gasteiger partial charge on any atom is 0.188 e. The molecule has 1 saturated heterocycles. The molecule has 1 aromatic carbocycles. The number of nitrogens with two attached hydrogens (primary N) is 1. The van der Waals surface area contributed by atoms with Crippen molar-refractivity contribution in [1.82, 2.24) is 10.2 Å². The van der Waals surface area contributed by atoms with E-state index in [0.29, 0.717) is 12.5 Å². The molecule has 0 bridgehead atoms. The molecule has 1 aliphatic rings. The molecule has 1 aromatic rings. The molecule has 3 N–H and O–H groups in total. The Bertz CT molecular complexity index is 502. The van der Waals surface area contributed by atoms with Crippen LogP contribution in [0.15, 0.2) is 29.3 Å². The summed E-state index contributed by atoms with van der Waals surface area (Å²) in [6, 6.07) is 8.01. The van der Waals surface area contributed by atoms with Gasteiger partial charge in [0.1, 0.15) is 5.75 Å². The quantitative estimate of drug-likeness (QED) is 0.408. The van der Waals surface area contributed by atoms with Crippen LogP contribution in [-0.4, -0.2) is 56.9 Å². The summed E-state index contributed by atoms with van der Waals surface area (Å²) < 4.78 is 11.0. The number of benzene rings is 1. The van der Waals surface area contributed by atoms with Gasteiger partial charge in [0.25, 0.3) is 0 Å². The van der Waals surface area contributed by atoms with E-state index in [1.807, 2.05) is 24.3 Å². The minimum Gasteiger partial charge on any atom is -0.494 e. The third-order valence-electron chi connectivity index (χ3n) is 3.86. The zero-order chi connectivity index (χ0) is 17.0. The highest BCUT2D eigenvalue weighted by Gasteiger charge is 2.08. The average molecular weight is 334 g/mol. The SMILES string of the molecule is CCCOc1cccc(CN=C(N)NCCCN2CCOCC2)c1. The molecule has 24 heavy (non-hydrogen) atoms. The van der Waals surface area contributed by atoms with Crippen molar-refractivity contribution < 1.29 is 9.47 Å². The van der Waals surface area contributed by atoms with Gasteiger partial charge < -0.3 is 20.5 Å². The molecular formula is C18H30N4O2. The number of rotatable bonds is 9. The molecule has 6 heteroatoms. The van der Waals surface area contributed by atoms with Crippen molar-refractivity contribution >= 4 is 5.96 Å². The largest absolute Gasteiger partial charge is 0.494 e. The number of hydrogen-bond acceptors (Lipinski definition) is 4. The number of nitrogens with zero attached hydrogens (tertiary/aromatic N) is 2. The van der Waals surface area contributed by atoms with Gasteiger partial charge in [-0.3, -0.25) is 4.90 Å². The smallest absolute Gasteiger partial charge is 0.188 e. The lowest BCUT2D eigenvalue weighted by atomic mass is 10.2. The second-order valence-corrected chi connectivity index (χ2v) is 5.93. The summed E-state index contributed by atoms with van der Waals surface area (Å²) in [6.45, 7) is 9.05. The number of nitrogens with one attached hydrogen (secondary N) is 1. The van der Waals surface area contributed by atoms with Crippen LogP contribution in [0, 0.1) is 0 Å². The van der Waals surface area contributed by atoms with Gasteiger partial charge >= 0.3 is 0 Å². The molecule has 0 unspecified atom stereocenters. The Balaban J connectivity index is 1.65. The summed E-state index contributed by atoms with van der Waals surface area (Å²) >= 11 is 0. The van der Waals surface area contributed by atoms with E-state index in [4.69, 9.17) is 15.2 Å². The van der Waals surface area contributed by atoms with Gasteiger partial charge in [-0.25, -0.2) is 4.99 Å². The number of ether oxygens (including phenoxy) is 2. The Hall–Kier alpha value is -1.79. The Labute approximate surface area is 145 Å². The number of aliphatic imine (C=N–C) groups is 1. The van der Waals surface area contributed by atoms with E-state index in [9.17, 15) is 0 Å². The molecule has 0 aromatic heterocycles. The summed E-state index contributed by atoms with van der Waals surface area (Å²) in [5, 5.41) is 3.18. The number of guanidine groups is 1. The molecule has 0 saturated carbocycles. The highest BCUT2D eigenvalue weighted by Crippen LogP contribution is 2.14. The first-order valence-electron chi connectivity index (χ1n) is 8.83. The van der Waals surface area contributed by atoms with E-state index in [2.05, 4.69) is 22.1 Å². The number of hydrogen-bond donors (Lipinski definition) is 2. The van der Waals surface area contributed by atoms with E-state index in [-0.39, 0.29) is 0 Å². The molecular weight excluding hydrogens is 304 g/mol. The van der Waals surface area contributed by atoms with Gasteiger partial charge in [0.2, 0.25) is 0 Å². The maximum absolute atomic E-state index is 5.93. The first-order chi connectivity index (χ1) is 11.8. The summed E-state index contributed by atoms with van der Waals surface area (Å²) in [4.78, 5) is 6.81. The predicted molar refractivity (Wildman–Crippen MR) is 97.4 cm³/mol. The zero-order valence-electron chi connectivity index (χ0n) is 14.7. The van der Waals surface area contributed by atoms with Crippen molar-refractivity contribution in [2.45, 2.75) is 26.3 Å². The van der Waals surface area contributed by atoms with Crippen molar-refractivity contribution in [3.05, 3.63) is 29.8 Å². The third kappa shape index (κ3) is 7.19. The third-order valence-corrected chi connectivity index (χ3v) is 3.86. The van der Waals surface area contributed by atoms with Gasteiger partial charge in [-0.05, 0) is 37.1 Å². The van der Waals surface area contributed by atoms with Crippen LogP contribution in [0.5, 0.6) is 5.75 Å². The zero-order valence-corrected chi connectivity index (χ0v) is 14.7. The van der Waals surface area contributed by atoms with Gasteiger partial charge in [0.15, 0.2) is 5.96 Å². The predicted octanol–water partition coefficient (Wildman–Crippen LogP) is 1.60. The fourth-order valence-corrected chi connectivity index (χ4v) is 2.53. The molecule has 1 heterocycles. The van der Waals surface area contributed by atoms with Gasteiger partial charge in [-0.2, -0.15) is 0 Å². The van der Waals surface area contributed by atoms with Crippen LogP contribution in [0.3, 0.4) is 0 Å². The number of morpholine rings is 1. The van der Waals surface area contributed by atoms with E-state index in [0.717, 1.165) is 70.2 Å². The molecule has 0 amide bonds. The van der Waals surface area contributed by atoms with Crippen LogP contribution >= 0.6 is 0 Å². The minimum absolute atomic E-state index is 0.497. The summed E-state index contributed by atoms with van der Waals surface area (Å²) in [5.41, 5.74) is 7.03. The second kappa shape index (κ2) is 10.9. The normalized spacial score (nSPS) is 16.1. The standard InChI is InChI=1S/C18H30N4O2/c1-2-11-24-17-6-3-5-16(14-17)15-21-18(19)20-7-4-8-22-9-12-23-13-10-22/h3,5-6,14H,2,4,7-13,15H2,1H3,(H3,19,20,21). The van der Waals surface area contributed by atoms with Crippen LogP contribution < -0.4 is 15.8 Å². The minimum atomic E-state index is 0.497. The Kier molecular flexibility index (Phi) is 8.41. The summed E-state index contributed by atoms with van der Waals surface area (Å²) in [5.74, 6) is 1.39. The van der Waals surface area contributed by atoms with E-state index >= 15 is 0 Å². The van der Waals surface area contributed by atoms with Gasteiger partial charge in [0.05, 0.1) is 26.4 Å². The lowest BCUT2D eigenvalue weighted by molar-refractivity contribution is 0.0376. The summed E-state index contributed by atoms with van der Waals surface area (Å²) in [7, 11) is 0. The lowest BCUT2D eigenvalue weighted by Crippen LogP contribution is -2.39. The molecule has 134 valence electrons. The monoisotopic (exact) mass is 334 g/mol. The van der Waals surface area contributed by atoms with Crippen LogP contribution in [0.2, 0.25) is 0 Å². The average Bonchev–Trinajstić information content (AvgIpc) is 2.63. The van der Waals surface area contributed by atoms with Crippen LogP contribution in [0.4, 0.5) is 0 Å². The fraction of sp³-hybridized carbons (Fsp3) is 0.611. The highest BCUT2D eigenvalue weighted by molar-refractivity contribution is 5.77. The second-order valence-electron chi connectivity index (χ2n) is 5.93. The van der Waals surface area contributed by atoms with Crippen LogP contribution in [0.25, 0.3) is 0 Å². The fourth-order valence-electron chi connectivity index (χ4n) is 2.53. The summed E-state index contributed by atoms with van der Waals surface area (Å²) in [6.07, 6.45) is 2.06. The van der Waals surface area contributed by atoms with Crippen molar-refractivity contribution in [3.63, 3.8) is 0 Å². The molecule has 1 aliphatic heterocycles. The van der Waals surface area contributed by atoms with E-state index < -0.39 is 0 Å². The highest BCUT2D eigenvalue weighted by atomic mass is 16.5. The molecule has 6 nitrogen and oxygen atoms in total. The van der Waals surface area contributed by atoms with E-state index in [1.165, 1.54) is 0 Å². The Morgan fingerprint density at radius 2 is 2.21 bits per heavy atom. The van der Waals surface area contributed by atoms with Crippen molar-refractivity contribution in [1.29, 1.82) is 0 Å².